The lowest BCUT2D eigenvalue weighted by atomic mass is 10.1. The normalized spacial score (nSPS) is 21.9. The Kier molecular flexibility index (Phi) is 4.52. The highest BCUT2D eigenvalue weighted by Crippen LogP contribution is 2.28. The molecule has 2 rings (SSSR count). The van der Waals surface area contributed by atoms with Crippen molar-refractivity contribution in [3.63, 3.8) is 0 Å². The van der Waals surface area contributed by atoms with Crippen molar-refractivity contribution in [1.29, 1.82) is 5.26 Å². The van der Waals surface area contributed by atoms with E-state index < -0.39 is 28.0 Å². The Balaban J connectivity index is 2.20. The van der Waals surface area contributed by atoms with Crippen molar-refractivity contribution in [3.8, 4) is 6.07 Å². The first-order chi connectivity index (χ1) is 9.83. The van der Waals surface area contributed by atoms with Gasteiger partial charge >= 0.3 is 5.97 Å². The molecule has 0 radical (unpaired) electrons. The number of carboxylic acids is 1. The van der Waals surface area contributed by atoms with Gasteiger partial charge in [-0.1, -0.05) is 11.6 Å². The molecule has 0 heterocycles. The molecule has 1 aliphatic rings. The molecule has 8 heteroatoms. The lowest BCUT2D eigenvalue weighted by molar-refractivity contribution is -0.141. The number of nitriles is 1. The maximum Gasteiger partial charge on any atom is 0.306 e. The van der Waals surface area contributed by atoms with Crippen molar-refractivity contribution < 1.29 is 18.3 Å². The van der Waals surface area contributed by atoms with Crippen molar-refractivity contribution in [2.75, 3.05) is 0 Å². The second-order valence-corrected chi connectivity index (χ2v) is 7.01. The smallest absolute Gasteiger partial charge is 0.306 e. The molecule has 112 valence electrons. The Morgan fingerprint density at radius 2 is 2.14 bits per heavy atom. The van der Waals surface area contributed by atoms with Crippen molar-refractivity contribution in [2.24, 2.45) is 5.92 Å². The van der Waals surface area contributed by atoms with Gasteiger partial charge in [-0.3, -0.25) is 4.79 Å². The van der Waals surface area contributed by atoms with Crippen LogP contribution in [0, 0.1) is 17.2 Å². The van der Waals surface area contributed by atoms with E-state index in [1.807, 2.05) is 6.07 Å². The van der Waals surface area contributed by atoms with E-state index in [1.54, 1.807) is 0 Å². The fraction of sp³-hybridized carbons (Fsp3) is 0.385. The van der Waals surface area contributed by atoms with Crippen LogP contribution in [-0.4, -0.2) is 25.5 Å². The molecule has 1 aromatic rings. The molecular weight excluding hydrogens is 316 g/mol. The Labute approximate surface area is 127 Å². The SMILES string of the molecule is N#Cc1ccc(Cl)c(S(=O)(=O)NC2CCC(C(=O)O)C2)c1. The number of nitrogens with zero attached hydrogens (tertiary/aromatic N) is 1. The first-order valence-corrected chi connectivity index (χ1v) is 8.14. The summed E-state index contributed by atoms with van der Waals surface area (Å²) < 4.78 is 27.1. The van der Waals surface area contributed by atoms with Gasteiger partial charge in [0.2, 0.25) is 10.0 Å². The average Bonchev–Trinajstić information content (AvgIpc) is 2.87. The molecule has 1 aliphatic carbocycles. The predicted octanol–water partition coefficient (Wildman–Crippen LogP) is 1.74. The van der Waals surface area contributed by atoms with Crippen LogP contribution in [0.25, 0.3) is 0 Å². The third-order valence-corrected chi connectivity index (χ3v) is 5.46. The molecule has 0 aromatic heterocycles. The Morgan fingerprint density at radius 1 is 1.43 bits per heavy atom. The summed E-state index contributed by atoms with van der Waals surface area (Å²) in [6.07, 6.45) is 1.16. The van der Waals surface area contributed by atoms with Gasteiger partial charge in [0.1, 0.15) is 4.90 Å². The molecule has 0 aliphatic heterocycles. The molecule has 2 unspecified atom stereocenters. The topological polar surface area (TPSA) is 107 Å². The zero-order chi connectivity index (χ0) is 15.6. The lowest BCUT2D eigenvalue weighted by Gasteiger charge is -2.14. The second-order valence-electron chi connectivity index (χ2n) is 4.92. The number of carboxylic acid groups (broad SMARTS) is 1. The van der Waals surface area contributed by atoms with Gasteiger partial charge in [0, 0.05) is 6.04 Å². The fourth-order valence-electron chi connectivity index (χ4n) is 2.37. The Bertz CT molecular complexity index is 711. The molecule has 21 heavy (non-hydrogen) atoms. The summed E-state index contributed by atoms with van der Waals surface area (Å²) in [4.78, 5) is 10.7. The van der Waals surface area contributed by atoms with Crippen molar-refractivity contribution >= 4 is 27.6 Å². The summed E-state index contributed by atoms with van der Waals surface area (Å²) in [5.41, 5.74) is 0.189. The van der Waals surface area contributed by atoms with Crippen LogP contribution in [0.15, 0.2) is 23.1 Å². The van der Waals surface area contributed by atoms with E-state index >= 15 is 0 Å². The van der Waals surface area contributed by atoms with Crippen LogP contribution < -0.4 is 4.72 Å². The molecule has 2 N–H and O–H groups in total. The highest BCUT2D eigenvalue weighted by atomic mass is 35.5. The van der Waals surface area contributed by atoms with E-state index in [-0.39, 0.29) is 21.9 Å². The third-order valence-electron chi connectivity index (χ3n) is 3.45. The van der Waals surface area contributed by atoms with Crippen LogP contribution in [0.1, 0.15) is 24.8 Å². The summed E-state index contributed by atoms with van der Waals surface area (Å²) in [6.45, 7) is 0. The number of sulfonamides is 1. The fourth-order valence-corrected chi connectivity index (χ4v) is 4.18. The van der Waals surface area contributed by atoms with Crippen LogP contribution in [0.3, 0.4) is 0 Å². The van der Waals surface area contributed by atoms with E-state index in [4.69, 9.17) is 22.0 Å². The number of rotatable bonds is 4. The maximum atomic E-state index is 12.3. The number of hydrogen-bond donors (Lipinski definition) is 2. The highest BCUT2D eigenvalue weighted by Gasteiger charge is 2.33. The van der Waals surface area contributed by atoms with Crippen molar-refractivity contribution in [3.05, 3.63) is 28.8 Å². The molecule has 0 spiro atoms. The van der Waals surface area contributed by atoms with Gasteiger partial charge in [0.25, 0.3) is 0 Å². The minimum Gasteiger partial charge on any atom is -0.481 e. The molecule has 2 atom stereocenters. The lowest BCUT2D eigenvalue weighted by Crippen LogP contribution is -2.33. The third kappa shape index (κ3) is 3.53. The molecular formula is C13H13ClN2O4S. The summed E-state index contributed by atoms with van der Waals surface area (Å²) >= 11 is 5.88. The molecule has 0 bridgehead atoms. The van der Waals surface area contributed by atoms with Gasteiger partial charge < -0.3 is 5.11 Å². The van der Waals surface area contributed by atoms with Crippen LogP contribution in [0.2, 0.25) is 5.02 Å². The molecule has 0 amide bonds. The van der Waals surface area contributed by atoms with Crippen LogP contribution in [-0.2, 0) is 14.8 Å². The van der Waals surface area contributed by atoms with Crippen molar-refractivity contribution in [1.82, 2.24) is 4.72 Å². The molecule has 1 aromatic carbocycles. The number of carbonyl (C=O) groups is 1. The van der Waals surface area contributed by atoms with E-state index in [0.29, 0.717) is 12.8 Å². The van der Waals surface area contributed by atoms with Crippen LogP contribution in [0.5, 0.6) is 0 Å². The zero-order valence-corrected chi connectivity index (χ0v) is 12.5. The van der Waals surface area contributed by atoms with E-state index in [0.717, 1.165) is 0 Å². The second kappa shape index (κ2) is 6.02. The van der Waals surface area contributed by atoms with Gasteiger partial charge in [0.15, 0.2) is 0 Å². The Hall–Kier alpha value is -1.62. The summed E-state index contributed by atoms with van der Waals surface area (Å²) in [5.74, 6) is -1.44. The van der Waals surface area contributed by atoms with Gasteiger partial charge in [0.05, 0.1) is 22.6 Å². The van der Waals surface area contributed by atoms with Gasteiger partial charge in [-0.15, -0.1) is 0 Å². The van der Waals surface area contributed by atoms with Crippen molar-refractivity contribution in [2.45, 2.75) is 30.2 Å². The maximum absolute atomic E-state index is 12.3. The van der Waals surface area contributed by atoms with E-state index in [9.17, 15) is 13.2 Å². The highest BCUT2D eigenvalue weighted by molar-refractivity contribution is 7.89. The van der Waals surface area contributed by atoms with Gasteiger partial charge in [-0.25, -0.2) is 13.1 Å². The number of benzene rings is 1. The monoisotopic (exact) mass is 328 g/mol. The Morgan fingerprint density at radius 3 is 2.71 bits per heavy atom. The molecule has 6 nitrogen and oxygen atoms in total. The standard InChI is InChI=1S/C13H13ClN2O4S/c14-11-4-1-8(7-15)5-12(11)21(19,20)16-10-3-2-9(6-10)13(17)18/h1,4-5,9-10,16H,2-3,6H2,(H,17,18). The molecule has 0 saturated heterocycles. The van der Waals surface area contributed by atoms with E-state index in [1.165, 1.54) is 18.2 Å². The summed E-state index contributed by atoms with van der Waals surface area (Å²) in [6, 6.07) is 5.40. The van der Waals surface area contributed by atoms with Crippen LogP contribution >= 0.6 is 11.6 Å². The minimum atomic E-state index is -3.88. The molecule has 1 saturated carbocycles. The number of aliphatic carboxylic acids is 1. The van der Waals surface area contributed by atoms with E-state index in [2.05, 4.69) is 4.72 Å². The largest absolute Gasteiger partial charge is 0.481 e. The quantitative estimate of drug-likeness (QED) is 0.875. The zero-order valence-electron chi connectivity index (χ0n) is 10.9. The summed E-state index contributed by atoms with van der Waals surface area (Å²) in [5, 5.41) is 17.8. The predicted molar refractivity (Wildman–Crippen MR) is 75.3 cm³/mol. The number of hydrogen-bond acceptors (Lipinski definition) is 4. The van der Waals surface area contributed by atoms with Gasteiger partial charge in [-0.05, 0) is 37.5 Å². The minimum absolute atomic E-state index is 0.0225. The average molecular weight is 329 g/mol. The molecule has 1 fully saturated rings. The van der Waals surface area contributed by atoms with Crippen LogP contribution in [0.4, 0.5) is 0 Å². The van der Waals surface area contributed by atoms with Gasteiger partial charge in [-0.2, -0.15) is 5.26 Å². The first kappa shape index (κ1) is 15.8. The first-order valence-electron chi connectivity index (χ1n) is 6.28. The number of halogens is 1. The number of nitrogens with one attached hydrogen (secondary N) is 1. The summed E-state index contributed by atoms with van der Waals surface area (Å²) in [7, 11) is -3.88.